The van der Waals surface area contributed by atoms with Crippen molar-refractivity contribution in [1.29, 1.82) is 0 Å². The van der Waals surface area contributed by atoms with Crippen LogP contribution >= 0.6 is 0 Å². The highest BCUT2D eigenvalue weighted by molar-refractivity contribution is 5.94. The van der Waals surface area contributed by atoms with Gasteiger partial charge in [-0.05, 0) is 50.5 Å². The van der Waals surface area contributed by atoms with Crippen molar-refractivity contribution in [3.05, 3.63) is 29.8 Å². The van der Waals surface area contributed by atoms with Crippen molar-refractivity contribution < 1.29 is 9.53 Å². The van der Waals surface area contributed by atoms with Gasteiger partial charge in [-0.2, -0.15) is 0 Å². The van der Waals surface area contributed by atoms with Crippen LogP contribution in [0, 0.1) is 0 Å². The second-order valence-corrected chi connectivity index (χ2v) is 4.81. The van der Waals surface area contributed by atoms with Crippen LogP contribution in [0.3, 0.4) is 0 Å². The molecule has 4 heteroatoms. The van der Waals surface area contributed by atoms with Gasteiger partial charge in [0.2, 0.25) is 0 Å². The fraction of sp³-hybridized carbons (Fsp3) is 0.533. The van der Waals surface area contributed by atoms with Gasteiger partial charge in [-0.3, -0.25) is 4.79 Å². The molecule has 19 heavy (non-hydrogen) atoms. The number of benzene rings is 1. The molecular weight excluding hydrogens is 240 g/mol. The van der Waals surface area contributed by atoms with Crippen LogP contribution in [0.1, 0.15) is 36.5 Å². The summed E-state index contributed by atoms with van der Waals surface area (Å²) in [7, 11) is 0. The minimum Gasteiger partial charge on any atom is -0.385 e. The number of nitrogens with one attached hydrogen (secondary N) is 2. The molecule has 1 heterocycles. The molecule has 4 nitrogen and oxygen atoms in total. The van der Waals surface area contributed by atoms with E-state index in [4.69, 9.17) is 4.74 Å². The van der Waals surface area contributed by atoms with Crippen LogP contribution in [0.2, 0.25) is 0 Å². The second-order valence-electron chi connectivity index (χ2n) is 4.81. The summed E-state index contributed by atoms with van der Waals surface area (Å²) in [5.41, 5.74) is 1.73. The predicted molar refractivity (Wildman–Crippen MR) is 76.5 cm³/mol. The van der Waals surface area contributed by atoms with Crippen molar-refractivity contribution in [3.8, 4) is 0 Å². The Balaban J connectivity index is 1.81. The molecule has 0 bridgehead atoms. The molecule has 1 aliphatic rings. The Labute approximate surface area is 114 Å². The summed E-state index contributed by atoms with van der Waals surface area (Å²) in [6.45, 7) is 4.35. The zero-order valence-corrected chi connectivity index (χ0v) is 11.4. The monoisotopic (exact) mass is 262 g/mol. The molecule has 1 aliphatic heterocycles. The summed E-state index contributed by atoms with van der Waals surface area (Å²) in [5.74, 6) is -0.0304. The molecule has 1 aromatic rings. The maximum Gasteiger partial charge on any atom is 0.251 e. The minimum atomic E-state index is -0.0304. The number of amides is 1. The molecule has 104 valence electrons. The SMILES string of the molecule is CCNc1ccc(C(=O)NCC2CCCCO2)cc1. The molecule has 0 saturated carbocycles. The highest BCUT2D eigenvalue weighted by Crippen LogP contribution is 2.12. The second kappa shape index (κ2) is 7.14. The van der Waals surface area contributed by atoms with E-state index in [1.807, 2.05) is 31.2 Å². The van der Waals surface area contributed by atoms with Crippen LogP contribution in [0.25, 0.3) is 0 Å². The number of hydrogen-bond donors (Lipinski definition) is 2. The molecule has 2 rings (SSSR count). The number of hydrogen-bond acceptors (Lipinski definition) is 3. The number of carbonyl (C=O) groups is 1. The Morgan fingerprint density at radius 3 is 2.74 bits per heavy atom. The summed E-state index contributed by atoms with van der Waals surface area (Å²) in [6, 6.07) is 7.54. The van der Waals surface area contributed by atoms with Crippen LogP contribution < -0.4 is 10.6 Å². The molecule has 1 fully saturated rings. The van der Waals surface area contributed by atoms with Crippen LogP contribution in [0.5, 0.6) is 0 Å². The van der Waals surface area contributed by atoms with E-state index >= 15 is 0 Å². The smallest absolute Gasteiger partial charge is 0.251 e. The van der Waals surface area contributed by atoms with E-state index in [1.165, 1.54) is 6.42 Å². The third-order valence-corrected chi connectivity index (χ3v) is 3.29. The lowest BCUT2D eigenvalue weighted by molar-refractivity contribution is 0.0169. The van der Waals surface area contributed by atoms with Gasteiger partial charge < -0.3 is 15.4 Å². The normalized spacial score (nSPS) is 18.9. The Bertz CT molecular complexity index is 397. The van der Waals surface area contributed by atoms with Gasteiger partial charge in [0, 0.05) is 30.9 Å². The van der Waals surface area contributed by atoms with Crippen molar-refractivity contribution in [2.45, 2.75) is 32.3 Å². The first-order chi connectivity index (χ1) is 9.29. The van der Waals surface area contributed by atoms with E-state index in [0.717, 1.165) is 31.7 Å². The van der Waals surface area contributed by atoms with Gasteiger partial charge in [0.25, 0.3) is 5.91 Å². The lowest BCUT2D eigenvalue weighted by atomic mass is 10.1. The van der Waals surface area contributed by atoms with Crippen LogP contribution in [0.4, 0.5) is 5.69 Å². The topological polar surface area (TPSA) is 50.4 Å². The maximum absolute atomic E-state index is 12.0. The van der Waals surface area contributed by atoms with E-state index in [-0.39, 0.29) is 12.0 Å². The molecule has 0 aromatic heterocycles. The molecule has 0 aliphatic carbocycles. The first kappa shape index (κ1) is 13.9. The highest BCUT2D eigenvalue weighted by Gasteiger charge is 2.15. The van der Waals surface area contributed by atoms with E-state index < -0.39 is 0 Å². The molecule has 1 unspecified atom stereocenters. The third-order valence-electron chi connectivity index (χ3n) is 3.29. The molecule has 1 aromatic carbocycles. The average molecular weight is 262 g/mol. The van der Waals surface area contributed by atoms with Gasteiger partial charge in [-0.1, -0.05) is 0 Å². The van der Waals surface area contributed by atoms with Crippen molar-refractivity contribution in [2.75, 3.05) is 25.0 Å². The Morgan fingerprint density at radius 1 is 1.32 bits per heavy atom. The van der Waals surface area contributed by atoms with Crippen LogP contribution in [-0.4, -0.2) is 31.7 Å². The lowest BCUT2D eigenvalue weighted by Crippen LogP contribution is -2.35. The lowest BCUT2D eigenvalue weighted by Gasteiger charge is -2.22. The zero-order valence-electron chi connectivity index (χ0n) is 11.4. The number of carbonyl (C=O) groups excluding carboxylic acids is 1. The van der Waals surface area contributed by atoms with Crippen molar-refractivity contribution in [3.63, 3.8) is 0 Å². The molecule has 0 radical (unpaired) electrons. The molecule has 1 amide bonds. The number of anilines is 1. The van der Waals surface area contributed by atoms with Gasteiger partial charge >= 0.3 is 0 Å². The highest BCUT2D eigenvalue weighted by atomic mass is 16.5. The first-order valence-electron chi connectivity index (χ1n) is 7.03. The third kappa shape index (κ3) is 4.24. The zero-order chi connectivity index (χ0) is 13.5. The number of rotatable bonds is 5. The Kier molecular flexibility index (Phi) is 5.21. The molecule has 1 saturated heterocycles. The van der Waals surface area contributed by atoms with E-state index in [1.54, 1.807) is 0 Å². The molecule has 2 N–H and O–H groups in total. The van der Waals surface area contributed by atoms with Crippen LogP contribution in [-0.2, 0) is 4.74 Å². The van der Waals surface area contributed by atoms with Gasteiger partial charge in [-0.25, -0.2) is 0 Å². The minimum absolute atomic E-state index is 0.0304. The van der Waals surface area contributed by atoms with Gasteiger partial charge in [0.1, 0.15) is 0 Å². The number of ether oxygens (including phenoxy) is 1. The molecular formula is C15H22N2O2. The fourth-order valence-electron chi connectivity index (χ4n) is 2.22. The largest absolute Gasteiger partial charge is 0.385 e. The summed E-state index contributed by atoms with van der Waals surface area (Å²) < 4.78 is 5.59. The predicted octanol–water partition coefficient (Wildman–Crippen LogP) is 2.42. The molecule has 1 atom stereocenters. The summed E-state index contributed by atoms with van der Waals surface area (Å²) in [4.78, 5) is 12.0. The fourth-order valence-corrected chi connectivity index (χ4v) is 2.22. The van der Waals surface area contributed by atoms with Crippen molar-refractivity contribution >= 4 is 11.6 Å². The standard InChI is InChI=1S/C15H22N2O2/c1-2-16-13-8-6-12(7-9-13)15(18)17-11-14-5-3-4-10-19-14/h6-9,14,16H,2-5,10-11H2,1H3,(H,17,18). The average Bonchev–Trinajstić information content (AvgIpc) is 2.47. The Morgan fingerprint density at radius 2 is 2.11 bits per heavy atom. The summed E-state index contributed by atoms with van der Waals surface area (Å²) >= 11 is 0. The summed E-state index contributed by atoms with van der Waals surface area (Å²) in [5, 5.41) is 6.14. The van der Waals surface area contributed by atoms with E-state index in [0.29, 0.717) is 12.1 Å². The van der Waals surface area contributed by atoms with E-state index in [2.05, 4.69) is 10.6 Å². The maximum atomic E-state index is 12.0. The summed E-state index contributed by atoms with van der Waals surface area (Å²) in [6.07, 6.45) is 3.55. The van der Waals surface area contributed by atoms with Crippen molar-refractivity contribution in [2.24, 2.45) is 0 Å². The van der Waals surface area contributed by atoms with Gasteiger partial charge in [0.05, 0.1) is 6.10 Å². The van der Waals surface area contributed by atoms with Crippen molar-refractivity contribution in [1.82, 2.24) is 5.32 Å². The van der Waals surface area contributed by atoms with Gasteiger partial charge in [0.15, 0.2) is 0 Å². The Hall–Kier alpha value is -1.55. The van der Waals surface area contributed by atoms with Crippen LogP contribution in [0.15, 0.2) is 24.3 Å². The van der Waals surface area contributed by atoms with Gasteiger partial charge in [-0.15, -0.1) is 0 Å². The van der Waals surface area contributed by atoms with E-state index in [9.17, 15) is 4.79 Å². The molecule has 0 spiro atoms. The first-order valence-corrected chi connectivity index (χ1v) is 7.03. The quantitative estimate of drug-likeness (QED) is 0.857.